The van der Waals surface area contributed by atoms with Crippen LogP contribution >= 0.6 is 0 Å². The Bertz CT molecular complexity index is 909. The highest BCUT2D eigenvalue weighted by Gasteiger charge is 2.24. The molecule has 2 N–H and O–H groups in total. The van der Waals surface area contributed by atoms with Crippen LogP contribution in [0, 0.1) is 11.8 Å². The molecular formula is C23H33N3O6. The van der Waals surface area contributed by atoms with Crippen molar-refractivity contribution in [2.45, 2.75) is 79.1 Å². The van der Waals surface area contributed by atoms with Gasteiger partial charge in [-0.05, 0) is 68.4 Å². The van der Waals surface area contributed by atoms with Gasteiger partial charge in [0.2, 0.25) is 0 Å². The number of ether oxygens (including phenoxy) is 3. The van der Waals surface area contributed by atoms with Crippen LogP contribution in [0.3, 0.4) is 0 Å². The number of hydrogen-bond acceptors (Lipinski definition) is 7. The summed E-state index contributed by atoms with van der Waals surface area (Å²) in [6.45, 7) is 15.6. The molecule has 9 nitrogen and oxygen atoms in total. The molecule has 176 valence electrons. The highest BCUT2D eigenvalue weighted by Crippen LogP contribution is 2.21. The van der Waals surface area contributed by atoms with Crippen LogP contribution in [0.4, 0.5) is 15.4 Å². The first-order chi connectivity index (χ1) is 14.5. The second kappa shape index (κ2) is 10.4. The predicted molar refractivity (Wildman–Crippen MR) is 120 cm³/mol. The van der Waals surface area contributed by atoms with E-state index in [-0.39, 0.29) is 23.5 Å². The molecule has 1 aromatic rings. The average molecular weight is 448 g/mol. The third-order valence-electron chi connectivity index (χ3n) is 3.12. The van der Waals surface area contributed by atoms with Crippen molar-refractivity contribution in [2.24, 2.45) is 0 Å². The Morgan fingerprint density at radius 3 is 1.94 bits per heavy atom. The van der Waals surface area contributed by atoms with Crippen LogP contribution in [0.5, 0.6) is 0 Å². The molecule has 0 radical (unpaired) electrons. The largest absolute Gasteiger partial charge is 0.456 e. The molecule has 0 aliphatic heterocycles. The van der Waals surface area contributed by atoms with E-state index in [4.69, 9.17) is 14.2 Å². The van der Waals surface area contributed by atoms with Gasteiger partial charge in [-0.25, -0.2) is 19.4 Å². The van der Waals surface area contributed by atoms with Gasteiger partial charge in [-0.1, -0.05) is 11.8 Å². The zero-order chi connectivity index (χ0) is 24.7. The maximum atomic E-state index is 12.7. The highest BCUT2D eigenvalue weighted by atomic mass is 16.6. The molecule has 0 atom stereocenters. The molecule has 0 aromatic carbocycles. The van der Waals surface area contributed by atoms with E-state index in [1.54, 1.807) is 62.3 Å². The van der Waals surface area contributed by atoms with E-state index in [9.17, 15) is 14.4 Å². The Morgan fingerprint density at radius 1 is 0.875 bits per heavy atom. The van der Waals surface area contributed by atoms with Crippen LogP contribution in [0.2, 0.25) is 0 Å². The van der Waals surface area contributed by atoms with Gasteiger partial charge in [0, 0.05) is 6.20 Å². The van der Waals surface area contributed by atoms with Crippen molar-refractivity contribution >= 4 is 24.0 Å². The quantitative estimate of drug-likeness (QED) is 0.404. The Morgan fingerprint density at radius 2 is 1.41 bits per heavy atom. The number of hydrogen-bond donors (Lipinski definition) is 2. The maximum Gasteiger partial charge on any atom is 0.413 e. The monoisotopic (exact) mass is 447 g/mol. The Hall–Kier alpha value is -3.28. The van der Waals surface area contributed by atoms with E-state index in [0.29, 0.717) is 0 Å². The smallest absolute Gasteiger partial charge is 0.413 e. The van der Waals surface area contributed by atoms with E-state index < -0.39 is 35.0 Å². The summed E-state index contributed by atoms with van der Waals surface area (Å²) in [4.78, 5) is 40.8. The molecule has 0 bridgehead atoms. The van der Waals surface area contributed by atoms with Crippen molar-refractivity contribution in [1.29, 1.82) is 0 Å². The number of carbonyl (C=O) groups is 3. The van der Waals surface area contributed by atoms with E-state index >= 15 is 0 Å². The minimum Gasteiger partial charge on any atom is -0.456 e. The summed E-state index contributed by atoms with van der Waals surface area (Å²) < 4.78 is 15.8. The number of alkyl carbamates (subject to hydrolysis) is 1. The minimum absolute atomic E-state index is 0.0346. The van der Waals surface area contributed by atoms with Crippen molar-refractivity contribution in [3.63, 3.8) is 0 Å². The minimum atomic E-state index is -0.749. The number of aromatic nitrogens is 1. The van der Waals surface area contributed by atoms with Gasteiger partial charge in [-0.2, -0.15) is 0 Å². The van der Waals surface area contributed by atoms with Crippen LogP contribution < -0.4 is 10.6 Å². The number of esters is 1. The number of amides is 2. The van der Waals surface area contributed by atoms with Gasteiger partial charge in [0.15, 0.2) is 5.82 Å². The lowest BCUT2D eigenvalue weighted by molar-refractivity contribution is 0.00684. The second-order valence-corrected chi connectivity index (χ2v) is 9.87. The third kappa shape index (κ3) is 10.7. The summed E-state index contributed by atoms with van der Waals surface area (Å²) in [5.41, 5.74) is -1.85. The van der Waals surface area contributed by atoms with E-state index in [1.807, 2.05) is 0 Å². The molecule has 0 saturated carbocycles. The van der Waals surface area contributed by atoms with Crippen molar-refractivity contribution in [2.75, 3.05) is 11.9 Å². The molecule has 1 heterocycles. The Labute approximate surface area is 189 Å². The average Bonchev–Trinajstić information content (AvgIpc) is 2.54. The van der Waals surface area contributed by atoms with Gasteiger partial charge in [0.05, 0.1) is 17.7 Å². The number of nitrogens with zero attached hydrogens (tertiary/aromatic N) is 1. The van der Waals surface area contributed by atoms with Gasteiger partial charge >= 0.3 is 18.2 Å². The van der Waals surface area contributed by atoms with Crippen LogP contribution in [-0.2, 0) is 14.2 Å². The SMILES string of the molecule is CC(C)(C)OC(=O)NCC#Cc1c(C(=O)OC(C)(C)C)ccnc1NC(=O)OC(C)(C)C. The van der Waals surface area contributed by atoms with Crippen molar-refractivity contribution < 1.29 is 28.6 Å². The summed E-state index contributed by atoms with van der Waals surface area (Å²) in [6, 6.07) is 1.44. The topological polar surface area (TPSA) is 116 Å². The first-order valence-corrected chi connectivity index (χ1v) is 10.1. The molecule has 1 aromatic heterocycles. The Balaban J connectivity index is 3.19. The second-order valence-electron chi connectivity index (χ2n) is 9.87. The van der Waals surface area contributed by atoms with Crippen molar-refractivity contribution in [3.8, 4) is 11.8 Å². The van der Waals surface area contributed by atoms with Gasteiger partial charge in [-0.3, -0.25) is 5.32 Å². The lowest BCUT2D eigenvalue weighted by atomic mass is 10.1. The van der Waals surface area contributed by atoms with Gasteiger partial charge < -0.3 is 19.5 Å². The van der Waals surface area contributed by atoms with Gasteiger partial charge in [0.1, 0.15) is 16.8 Å². The molecule has 0 fully saturated rings. The van der Waals surface area contributed by atoms with Crippen LogP contribution in [-0.4, -0.2) is 46.5 Å². The fourth-order valence-corrected chi connectivity index (χ4v) is 2.15. The highest BCUT2D eigenvalue weighted by molar-refractivity contribution is 5.96. The zero-order valence-electron chi connectivity index (χ0n) is 20.3. The number of anilines is 1. The summed E-state index contributed by atoms with van der Waals surface area (Å²) in [5, 5.41) is 5.02. The summed E-state index contributed by atoms with van der Waals surface area (Å²) in [7, 11) is 0. The van der Waals surface area contributed by atoms with E-state index in [1.165, 1.54) is 12.3 Å². The van der Waals surface area contributed by atoms with Crippen LogP contribution in [0.1, 0.15) is 78.2 Å². The number of carbonyl (C=O) groups excluding carboxylic acids is 3. The van der Waals surface area contributed by atoms with Crippen LogP contribution in [0.15, 0.2) is 12.3 Å². The fourth-order valence-electron chi connectivity index (χ4n) is 2.15. The fraction of sp³-hybridized carbons (Fsp3) is 0.565. The summed E-state index contributed by atoms with van der Waals surface area (Å²) >= 11 is 0. The molecule has 0 aliphatic rings. The molecule has 9 heteroatoms. The van der Waals surface area contributed by atoms with Gasteiger partial charge in [0.25, 0.3) is 0 Å². The van der Waals surface area contributed by atoms with Crippen molar-refractivity contribution in [1.82, 2.24) is 10.3 Å². The summed E-state index contributed by atoms with van der Waals surface area (Å²) in [6.07, 6.45) is -0.0190. The zero-order valence-corrected chi connectivity index (χ0v) is 20.3. The number of pyridine rings is 1. The normalized spacial score (nSPS) is 11.5. The molecule has 0 aliphatic carbocycles. The Kier molecular flexibility index (Phi) is 8.66. The van der Waals surface area contributed by atoms with E-state index in [0.717, 1.165) is 0 Å². The lowest BCUT2D eigenvalue weighted by Gasteiger charge is -2.21. The maximum absolute atomic E-state index is 12.7. The molecule has 0 spiro atoms. The molecule has 1 rings (SSSR count). The molecule has 0 saturated heterocycles. The number of nitrogens with one attached hydrogen (secondary N) is 2. The molecule has 2 amide bonds. The molecule has 32 heavy (non-hydrogen) atoms. The molecular weight excluding hydrogens is 414 g/mol. The first kappa shape index (κ1) is 26.8. The summed E-state index contributed by atoms with van der Waals surface area (Å²) in [5.74, 6) is 4.92. The number of rotatable bonds is 3. The van der Waals surface area contributed by atoms with Crippen molar-refractivity contribution in [3.05, 3.63) is 23.4 Å². The third-order valence-corrected chi connectivity index (χ3v) is 3.12. The standard InChI is InChI=1S/C23H33N3O6/c1-21(2,3)30-18(27)16-12-14-24-17(26-20(29)32-23(7,8)9)15(16)11-10-13-25-19(28)31-22(4,5)6/h12,14H,13H2,1-9H3,(H,25,28)(H,24,26,29). The predicted octanol–water partition coefficient (Wildman–Crippen LogP) is 4.26. The van der Waals surface area contributed by atoms with Crippen LogP contribution in [0.25, 0.3) is 0 Å². The first-order valence-electron chi connectivity index (χ1n) is 10.1. The lowest BCUT2D eigenvalue weighted by Crippen LogP contribution is -2.32. The van der Waals surface area contributed by atoms with Gasteiger partial charge in [-0.15, -0.1) is 0 Å². The van der Waals surface area contributed by atoms with E-state index in [2.05, 4.69) is 27.5 Å². The molecule has 0 unspecified atom stereocenters.